The Hall–Kier alpha value is -2.02. The number of nitrogens with one attached hydrogen (secondary N) is 2. The lowest BCUT2D eigenvalue weighted by Crippen LogP contribution is -2.46. The van der Waals surface area contributed by atoms with E-state index in [0.717, 1.165) is 38.2 Å². The third kappa shape index (κ3) is 4.04. The minimum atomic E-state index is -0.452. The van der Waals surface area contributed by atoms with Gasteiger partial charge in [-0.1, -0.05) is 18.2 Å². The van der Waals surface area contributed by atoms with Gasteiger partial charge in [0.05, 0.1) is 7.11 Å². The van der Waals surface area contributed by atoms with Gasteiger partial charge < -0.3 is 4.74 Å². The number of halogens is 2. The standard InChI is InChI=1S/C22H27F2N3O/c1-28-17-9-7-15(8-10-17)13-27-11-3-4-16(14-27)22-18(12-25-26-22)21-19(23)5-2-6-20(21)24/h2,5-10,16,18,22,25-26H,3-4,11-14H2,1H3. The highest BCUT2D eigenvalue weighted by molar-refractivity contribution is 5.28. The number of hydrogen-bond donors (Lipinski definition) is 2. The van der Waals surface area contributed by atoms with Crippen LogP contribution >= 0.6 is 0 Å². The van der Waals surface area contributed by atoms with Crippen LogP contribution in [0.2, 0.25) is 0 Å². The highest BCUT2D eigenvalue weighted by Crippen LogP contribution is 2.34. The molecule has 0 aromatic heterocycles. The van der Waals surface area contributed by atoms with Crippen molar-refractivity contribution in [2.75, 3.05) is 26.7 Å². The molecule has 2 heterocycles. The molecule has 2 fully saturated rings. The molecule has 0 spiro atoms. The second-order valence-corrected chi connectivity index (χ2v) is 7.78. The Labute approximate surface area is 164 Å². The van der Waals surface area contributed by atoms with Crippen molar-refractivity contribution in [3.05, 3.63) is 65.2 Å². The maximum Gasteiger partial charge on any atom is 0.129 e. The Morgan fingerprint density at radius 3 is 2.57 bits per heavy atom. The highest BCUT2D eigenvalue weighted by Gasteiger charge is 2.38. The predicted molar refractivity (Wildman–Crippen MR) is 105 cm³/mol. The molecule has 4 nitrogen and oxygen atoms in total. The summed E-state index contributed by atoms with van der Waals surface area (Å²) in [7, 11) is 1.67. The quantitative estimate of drug-likeness (QED) is 0.824. The number of rotatable bonds is 5. The van der Waals surface area contributed by atoms with Gasteiger partial charge in [0.2, 0.25) is 0 Å². The van der Waals surface area contributed by atoms with E-state index in [0.29, 0.717) is 12.5 Å². The lowest BCUT2D eigenvalue weighted by molar-refractivity contribution is 0.139. The molecule has 0 saturated carbocycles. The topological polar surface area (TPSA) is 36.5 Å². The summed E-state index contributed by atoms with van der Waals surface area (Å²) in [4.78, 5) is 2.44. The summed E-state index contributed by atoms with van der Waals surface area (Å²) in [6, 6.07) is 12.3. The number of nitrogens with zero attached hydrogens (tertiary/aromatic N) is 1. The van der Waals surface area contributed by atoms with Crippen LogP contribution in [-0.2, 0) is 6.54 Å². The van der Waals surface area contributed by atoms with E-state index in [9.17, 15) is 8.78 Å². The van der Waals surface area contributed by atoms with E-state index >= 15 is 0 Å². The van der Waals surface area contributed by atoms with Gasteiger partial charge in [-0.05, 0) is 55.1 Å². The fourth-order valence-corrected chi connectivity index (χ4v) is 4.62. The molecule has 0 aliphatic carbocycles. The van der Waals surface area contributed by atoms with Crippen molar-refractivity contribution in [1.29, 1.82) is 0 Å². The molecule has 2 aromatic carbocycles. The largest absolute Gasteiger partial charge is 0.497 e. The zero-order chi connectivity index (χ0) is 19.5. The van der Waals surface area contributed by atoms with E-state index in [1.54, 1.807) is 7.11 Å². The zero-order valence-corrected chi connectivity index (χ0v) is 16.1. The smallest absolute Gasteiger partial charge is 0.129 e. The van der Waals surface area contributed by atoms with Crippen LogP contribution < -0.4 is 15.6 Å². The van der Waals surface area contributed by atoms with Gasteiger partial charge in [0.1, 0.15) is 17.4 Å². The van der Waals surface area contributed by atoms with Crippen molar-refractivity contribution in [2.24, 2.45) is 5.92 Å². The van der Waals surface area contributed by atoms with E-state index < -0.39 is 11.6 Å². The van der Waals surface area contributed by atoms with Gasteiger partial charge in [0.15, 0.2) is 0 Å². The van der Waals surface area contributed by atoms with Gasteiger partial charge in [0.25, 0.3) is 0 Å². The normalized spacial score (nSPS) is 25.8. The molecule has 0 bridgehead atoms. The third-order valence-corrected chi connectivity index (χ3v) is 6.01. The average Bonchev–Trinajstić information content (AvgIpc) is 3.18. The number of hydrogen-bond acceptors (Lipinski definition) is 4. The highest BCUT2D eigenvalue weighted by atomic mass is 19.1. The summed E-state index contributed by atoms with van der Waals surface area (Å²) < 4.78 is 33.9. The Balaban J connectivity index is 1.46. The Bertz CT molecular complexity index is 779. The Morgan fingerprint density at radius 2 is 1.86 bits per heavy atom. The molecule has 4 rings (SSSR count). The number of hydrazine groups is 1. The van der Waals surface area contributed by atoms with E-state index in [-0.39, 0.29) is 17.5 Å². The first-order chi connectivity index (χ1) is 13.7. The fraction of sp³-hybridized carbons (Fsp3) is 0.455. The van der Waals surface area contributed by atoms with Crippen molar-refractivity contribution in [3.8, 4) is 5.75 Å². The minimum absolute atomic E-state index is 0.0186. The van der Waals surface area contributed by atoms with Gasteiger partial charge in [-0.3, -0.25) is 15.8 Å². The molecule has 2 N–H and O–H groups in total. The van der Waals surface area contributed by atoms with Gasteiger partial charge in [-0.2, -0.15) is 0 Å². The molecule has 2 aliphatic heterocycles. The average molecular weight is 387 g/mol. The molecule has 3 unspecified atom stereocenters. The van der Waals surface area contributed by atoms with Crippen LogP contribution in [0.1, 0.15) is 29.9 Å². The first kappa shape index (κ1) is 19.3. The van der Waals surface area contributed by atoms with Gasteiger partial charge in [0, 0.05) is 37.2 Å². The number of likely N-dealkylation sites (tertiary alicyclic amines) is 1. The molecule has 0 amide bonds. The molecule has 6 heteroatoms. The maximum atomic E-state index is 14.4. The molecule has 3 atom stereocenters. The summed E-state index contributed by atoms with van der Waals surface area (Å²) >= 11 is 0. The summed E-state index contributed by atoms with van der Waals surface area (Å²) in [5.74, 6) is 0.0900. The van der Waals surface area contributed by atoms with Crippen molar-refractivity contribution in [1.82, 2.24) is 15.8 Å². The van der Waals surface area contributed by atoms with Crippen LogP contribution in [0.15, 0.2) is 42.5 Å². The number of piperidine rings is 1. The first-order valence-corrected chi connectivity index (χ1v) is 9.93. The molecule has 2 aromatic rings. The van der Waals surface area contributed by atoms with Crippen molar-refractivity contribution in [2.45, 2.75) is 31.3 Å². The Kier molecular flexibility index (Phi) is 5.90. The molecular formula is C22H27F2N3O. The lowest BCUT2D eigenvalue weighted by atomic mass is 9.80. The van der Waals surface area contributed by atoms with Crippen LogP contribution in [0.25, 0.3) is 0 Å². The van der Waals surface area contributed by atoms with Crippen LogP contribution in [0.4, 0.5) is 8.78 Å². The monoisotopic (exact) mass is 387 g/mol. The molecule has 28 heavy (non-hydrogen) atoms. The minimum Gasteiger partial charge on any atom is -0.497 e. The van der Waals surface area contributed by atoms with Gasteiger partial charge >= 0.3 is 0 Å². The van der Waals surface area contributed by atoms with Crippen molar-refractivity contribution >= 4 is 0 Å². The number of ether oxygens (including phenoxy) is 1. The van der Waals surface area contributed by atoms with E-state index in [1.165, 1.54) is 23.8 Å². The van der Waals surface area contributed by atoms with E-state index in [4.69, 9.17) is 4.74 Å². The summed E-state index contributed by atoms with van der Waals surface area (Å²) in [5, 5.41) is 0. The van der Waals surface area contributed by atoms with Crippen LogP contribution in [0.3, 0.4) is 0 Å². The van der Waals surface area contributed by atoms with Crippen LogP contribution in [0.5, 0.6) is 5.75 Å². The summed E-state index contributed by atoms with van der Waals surface area (Å²) in [5.41, 5.74) is 7.89. The molecule has 2 aliphatic rings. The SMILES string of the molecule is COc1ccc(CN2CCCC(C3NNCC3c3c(F)cccc3F)C2)cc1. The third-order valence-electron chi connectivity index (χ3n) is 6.01. The molecular weight excluding hydrogens is 360 g/mol. The second-order valence-electron chi connectivity index (χ2n) is 7.78. The maximum absolute atomic E-state index is 14.4. The van der Waals surface area contributed by atoms with Crippen LogP contribution in [0, 0.1) is 17.6 Å². The summed E-state index contributed by atoms with van der Waals surface area (Å²) in [6.07, 6.45) is 2.15. The first-order valence-electron chi connectivity index (χ1n) is 9.93. The molecule has 150 valence electrons. The number of benzene rings is 2. The molecule has 2 saturated heterocycles. The van der Waals surface area contributed by atoms with Gasteiger partial charge in [-0.25, -0.2) is 8.78 Å². The number of methoxy groups -OCH3 is 1. The second kappa shape index (κ2) is 8.55. The zero-order valence-electron chi connectivity index (χ0n) is 16.1. The predicted octanol–water partition coefficient (Wildman–Crippen LogP) is 3.45. The van der Waals surface area contributed by atoms with Crippen molar-refractivity contribution in [3.63, 3.8) is 0 Å². The molecule has 0 radical (unpaired) electrons. The van der Waals surface area contributed by atoms with Crippen molar-refractivity contribution < 1.29 is 13.5 Å². The van der Waals surface area contributed by atoms with Gasteiger partial charge in [-0.15, -0.1) is 0 Å². The van der Waals surface area contributed by atoms with E-state index in [2.05, 4.69) is 27.9 Å². The van der Waals surface area contributed by atoms with E-state index in [1.807, 2.05) is 12.1 Å². The lowest BCUT2D eigenvalue weighted by Gasteiger charge is -2.37. The fourth-order valence-electron chi connectivity index (χ4n) is 4.62. The Morgan fingerprint density at radius 1 is 1.11 bits per heavy atom. The van der Waals surface area contributed by atoms with Crippen LogP contribution in [-0.4, -0.2) is 37.7 Å². The summed E-state index contributed by atoms with van der Waals surface area (Å²) in [6.45, 7) is 3.37.